The van der Waals surface area contributed by atoms with E-state index in [1.165, 1.54) is 23.9 Å². The lowest BCUT2D eigenvalue weighted by Gasteiger charge is -2.07. The maximum atomic E-state index is 13.7. The lowest BCUT2D eigenvalue weighted by atomic mass is 9.80. The van der Waals surface area contributed by atoms with Crippen LogP contribution in [0.5, 0.6) is 0 Å². The average Bonchev–Trinajstić information content (AvgIpc) is 3.68. The van der Waals surface area contributed by atoms with Gasteiger partial charge in [-0.15, -0.1) is 0 Å². The summed E-state index contributed by atoms with van der Waals surface area (Å²) in [6, 6.07) is 22.6. The van der Waals surface area contributed by atoms with Gasteiger partial charge in [-0.05, 0) is 58.9 Å². The summed E-state index contributed by atoms with van der Waals surface area (Å²) in [5.41, 5.74) is 3.82. The summed E-state index contributed by atoms with van der Waals surface area (Å²) in [4.78, 5) is 14.4. The van der Waals surface area contributed by atoms with Crippen molar-refractivity contribution in [2.75, 3.05) is 0 Å². The van der Waals surface area contributed by atoms with Gasteiger partial charge in [0.2, 0.25) is 10.6 Å². The van der Waals surface area contributed by atoms with E-state index in [4.69, 9.17) is 34.8 Å². The van der Waals surface area contributed by atoms with Crippen molar-refractivity contribution in [2.45, 2.75) is 11.3 Å². The molecule has 1 aliphatic rings. The highest BCUT2D eigenvalue weighted by atomic mass is 35.5. The molecule has 2 N–H and O–H groups in total. The van der Waals surface area contributed by atoms with Crippen molar-refractivity contribution in [3.63, 3.8) is 0 Å². The molecule has 16 heteroatoms. The van der Waals surface area contributed by atoms with Crippen LogP contribution in [-0.4, -0.2) is 49.5 Å². The zero-order valence-electron chi connectivity index (χ0n) is 23.8. The molecule has 6 aromatic rings. The average molecular weight is 715 g/mol. The Kier molecular flexibility index (Phi) is 10.7. The van der Waals surface area contributed by atoms with Crippen LogP contribution in [0.3, 0.4) is 0 Å². The van der Waals surface area contributed by atoms with Gasteiger partial charge in [-0.3, -0.25) is 0 Å². The number of fused-ring (bicyclic) bond motifs is 2. The second-order valence-corrected chi connectivity index (χ2v) is 12.5. The fourth-order valence-electron chi connectivity index (χ4n) is 4.65. The van der Waals surface area contributed by atoms with Crippen LogP contribution in [0.15, 0.2) is 108 Å². The fourth-order valence-corrected chi connectivity index (χ4v) is 6.49. The number of rotatable bonds is 4. The number of hydrogen-bond donors (Lipinski definition) is 2. The number of allylic oxidation sites excluding steroid dienone is 1. The van der Waals surface area contributed by atoms with Crippen LogP contribution >= 0.6 is 34.8 Å². The molecular formula is C31H21BCl3F2N5O4S. The Balaban J connectivity index is 0.000000149. The zero-order chi connectivity index (χ0) is 33.7. The van der Waals surface area contributed by atoms with Crippen LogP contribution in [0.25, 0.3) is 16.5 Å². The standard InChI is InChI=1S/C14H12BNO4S.C13H8ClFN2.C4HCl2FN2/c17-15(18)13-10-16(14-9-5-4-8-12(13)14)21(19,20)11-6-2-1-3-7-11;14-13-16-7-11(15)12(17-13)10-6-5-8-3-1-2-4-9(8)10;5-3-2(7)1-8-4(6)9-3/h1-10,17-18H;1-4,6-7H,5H2;1H. The molecule has 0 amide bonds. The SMILES string of the molecule is Fc1cnc(Cl)nc1C1=CCc2ccccc21.Fc1cnc(Cl)nc1Cl.O=S(=O)(c1ccccc1)n1cc(B(O)O)c2ccccc21. The molecule has 0 atom stereocenters. The van der Waals surface area contributed by atoms with Crippen molar-refractivity contribution >= 4 is 73.9 Å². The number of benzene rings is 3. The first kappa shape index (κ1) is 34.1. The molecule has 0 aliphatic heterocycles. The smallest absolute Gasteiger partial charge is 0.423 e. The van der Waals surface area contributed by atoms with Gasteiger partial charge in [0, 0.05) is 22.6 Å². The van der Waals surface area contributed by atoms with E-state index in [-0.39, 0.29) is 31.8 Å². The van der Waals surface area contributed by atoms with E-state index in [1.807, 2.05) is 30.3 Å². The largest absolute Gasteiger partial charge is 0.490 e. The summed E-state index contributed by atoms with van der Waals surface area (Å²) in [6.07, 6.45) is 6.03. The number of halogens is 5. The maximum absolute atomic E-state index is 13.7. The minimum atomic E-state index is -3.78. The molecule has 0 saturated heterocycles. The predicted molar refractivity (Wildman–Crippen MR) is 177 cm³/mol. The minimum absolute atomic E-state index is 0.0543. The summed E-state index contributed by atoms with van der Waals surface area (Å²) in [5, 5.41) is 19.1. The third-order valence-electron chi connectivity index (χ3n) is 6.76. The van der Waals surface area contributed by atoms with Crippen molar-refractivity contribution < 1.29 is 27.2 Å². The third kappa shape index (κ3) is 7.67. The first-order valence-electron chi connectivity index (χ1n) is 13.5. The molecule has 7 rings (SSSR count). The zero-order valence-corrected chi connectivity index (χ0v) is 26.9. The second-order valence-electron chi connectivity index (χ2n) is 9.68. The highest BCUT2D eigenvalue weighted by Gasteiger charge is 2.25. The Morgan fingerprint density at radius 1 is 0.787 bits per heavy atom. The monoisotopic (exact) mass is 713 g/mol. The van der Waals surface area contributed by atoms with Crippen LogP contribution in [0.1, 0.15) is 16.8 Å². The van der Waals surface area contributed by atoms with Gasteiger partial charge in [-0.1, -0.05) is 78.3 Å². The third-order valence-corrected chi connectivity index (χ3v) is 9.08. The van der Waals surface area contributed by atoms with Gasteiger partial charge in [0.05, 0.1) is 22.8 Å². The first-order valence-corrected chi connectivity index (χ1v) is 16.1. The Bertz CT molecular complexity index is 2210. The molecule has 3 aromatic carbocycles. The quantitative estimate of drug-likeness (QED) is 0.134. The maximum Gasteiger partial charge on any atom is 0.490 e. The van der Waals surface area contributed by atoms with Crippen LogP contribution in [0.4, 0.5) is 8.78 Å². The number of para-hydroxylation sites is 1. The molecule has 0 saturated carbocycles. The Labute approximate surface area is 283 Å². The first-order chi connectivity index (χ1) is 22.5. The Morgan fingerprint density at radius 2 is 1.40 bits per heavy atom. The summed E-state index contributed by atoms with van der Waals surface area (Å²) in [6.45, 7) is 0. The lowest BCUT2D eigenvalue weighted by Crippen LogP contribution is -2.29. The molecule has 47 heavy (non-hydrogen) atoms. The van der Waals surface area contributed by atoms with Crippen LogP contribution < -0.4 is 5.46 Å². The van der Waals surface area contributed by atoms with Gasteiger partial charge in [-0.25, -0.2) is 41.1 Å². The van der Waals surface area contributed by atoms with E-state index in [0.29, 0.717) is 10.9 Å². The molecule has 0 radical (unpaired) electrons. The van der Waals surface area contributed by atoms with E-state index < -0.39 is 28.8 Å². The molecule has 9 nitrogen and oxygen atoms in total. The molecule has 0 fully saturated rings. The van der Waals surface area contributed by atoms with Crippen LogP contribution in [0, 0.1) is 11.6 Å². The van der Waals surface area contributed by atoms with Crippen molar-refractivity contribution in [3.05, 3.63) is 148 Å². The Hall–Kier alpha value is -4.24. The predicted octanol–water partition coefficient (Wildman–Crippen LogP) is 5.74. The van der Waals surface area contributed by atoms with E-state index in [0.717, 1.165) is 33.9 Å². The lowest BCUT2D eigenvalue weighted by molar-refractivity contribution is 0.426. The van der Waals surface area contributed by atoms with Crippen LogP contribution in [0.2, 0.25) is 15.7 Å². The summed E-state index contributed by atoms with van der Waals surface area (Å²) < 4.78 is 52.3. The van der Waals surface area contributed by atoms with E-state index >= 15 is 0 Å². The van der Waals surface area contributed by atoms with E-state index in [2.05, 4.69) is 19.9 Å². The summed E-state index contributed by atoms with van der Waals surface area (Å²) in [7, 11) is -5.52. The number of nitrogens with zero attached hydrogens (tertiary/aromatic N) is 5. The van der Waals surface area contributed by atoms with Crippen molar-refractivity contribution in [1.82, 2.24) is 23.9 Å². The van der Waals surface area contributed by atoms with Crippen molar-refractivity contribution in [2.24, 2.45) is 0 Å². The van der Waals surface area contributed by atoms with E-state index in [9.17, 15) is 27.2 Å². The van der Waals surface area contributed by atoms with Crippen molar-refractivity contribution in [3.8, 4) is 0 Å². The topological polar surface area (TPSA) is 131 Å². The highest BCUT2D eigenvalue weighted by molar-refractivity contribution is 7.90. The van der Waals surface area contributed by atoms with Crippen molar-refractivity contribution in [1.29, 1.82) is 0 Å². The fraction of sp³-hybridized carbons (Fsp3) is 0.0323. The molecular weight excluding hydrogens is 694 g/mol. The van der Waals surface area contributed by atoms with Gasteiger partial charge in [-0.2, -0.15) is 0 Å². The van der Waals surface area contributed by atoms with Crippen LogP contribution in [-0.2, 0) is 16.4 Å². The summed E-state index contributed by atoms with van der Waals surface area (Å²) >= 11 is 16.2. The molecule has 1 aliphatic carbocycles. The number of hydrogen-bond acceptors (Lipinski definition) is 8. The molecule has 0 bridgehead atoms. The van der Waals surface area contributed by atoms with Gasteiger partial charge in [0.15, 0.2) is 16.8 Å². The molecule has 3 aromatic heterocycles. The van der Waals surface area contributed by atoms with Gasteiger partial charge in [0.1, 0.15) is 5.69 Å². The van der Waals surface area contributed by atoms with Gasteiger partial charge < -0.3 is 10.0 Å². The Morgan fingerprint density at radius 3 is 2.09 bits per heavy atom. The molecule has 0 spiro atoms. The van der Waals surface area contributed by atoms with Gasteiger partial charge >= 0.3 is 7.12 Å². The van der Waals surface area contributed by atoms with Gasteiger partial charge in [0.25, 0.3) is 10.0 Å². The van der Waals surface area contributed by atoms with E-state index in [1.54, 1.807) is 42.5 Å². The normalized spacial score (nSPS) is 11.9. The highest BCUT2D eigenvalue weighted by Crippen LogP contribution is 2.33. The minimum Gasteiger partial charge on any atom is -0.423 e. The summed E-state index contributed by atoms with van der Waals surface area (Å²) in [5.74, 6) is -1.11. The number of aromatic nitrogens is 5. The molecule has 238 valence electrons. The molecule has 0 unspecified atom stereocenters. The second kappa shape index (κ2) is 14.7. The molecule has 3 heterocycles.